The van der Waals surface area contributed by atoms with Crippen LogP contribution in [-0.4, -0.2) is 32.0 Å². The van der Waals surface area contributed by atoms with Crippen LogP contribution in [0.5, 0.6) is 0 Å². The van der Waals surface area contributed by atoms with Crippen LogP contribution in [0.2, 0.25) is 0 Å². The number of allylic oxidation sites excluding steroid dienone is 1. The predicted molar refractivity (Wildman–Crippen MR) is 83.4 cm³/mol. The zero-order valence-corrected chi connectivity index (χ0v) is 13.6. The number of hydrogen-bond acceptors (Lipinski definition) is 5. The molecule has 2 aliphatic carbocycles. The summed E-state index contributed by atoms with van der Waals surface area (Å²) in [7, 11) is -2.41. The fourth-order valence-electron chi connectivity index (χ4n) is 3.77. The van der Waals surface area contributed by atoms with E-state index in [-0.39, 0.29) is 23.5 Å². The Kier molecular flexibility index (Phi) is 3.88. The molecule has 1 fully saturated rings. The number of carbonyl (C=O) groups is 2. The van der Waals surface area contributed by atoms with Crippen LogP contribution in [0, 0.1) is 11.8 Å². The van der Waals surface area contributed by atoms with E-state index in [0.29, 0.717) is 6.42 Å². The Hall–Kier alpha value is -1.95. The van der Waals surface area contributed by atoms with Gasteiger partial charge in [0.15, 0.2) is 15.6 Å². The van der Waals surface area contributed by atoms with E-state index >= 15 is 0 Å². The molecule has 122 valence electrons. The fraction of sp³-hybridized carbons (Fsp3) is 0.412. The molecule has 0 spiro atoms. The second-order valence-corrected chi connectivity index (χ2v) is 8.37. The van der Waals surface area contributed by atoms with Crippen molar-refractivity contribution in [3.63, 3.8) is 0 Å². The highest BCUT2D eigenvalue weighted by Gasteiger charge is 2.58. The second kappa shape index (κ2) is 5.60. The first-order chi connectivity index (χ1) is 10.9. The molecular formula is C17H18O5S. The lowest BCUT2D eigenvalue weighted by Crippen LogP contribution is -2.43. The average molecular weight is 334 g/mol. The van der Waals surface area contributed by atoms with Crippen LogP contribution in [0.15, 0.2) is 47.4 Å². The molecule has 3 rings (SSSR count). The van der Waals surface area contributed by atoms with Crippen molar-refractivity contribution in [1.82, 2.24) is 0 Å². The quantitative estimate of drug-likeness (QED) is 0.789. The minimum absolute atomic E-state index is 0.0978. The molecule has 0 N–H and O–H groups in total. The first-order valence-electron chi connectivity index (χ1n) is 7.50. The van der Waals surface area contributed by atoms with E-state index in [9.17, 15) is 18.0 Å². The molecule has 0 heterocycles. The van der Waals surface area contributed by atoms with Crippen molar-refractivity contribution in [3.8, 4) is 0 Å². The van der Waals surface area contributed by atoms with Gasteiger partial charge >= 0.3 is 5.97 Å². The SMILES string of the molecule is COC(=O)[C@H]1C[C@H]2CC(=O)C=C[C@@]2(S(=O)(=O)c2ccccc2)C1. The normalized spacial score (nSPS) is 30.0. The Morgan fingerprint density at radius 2 is 1.96 bits per heavy atom. The molecule has 0 amide bonds. The molecule has 3 atom stereocenters. The molecule has 6 heteroatoms. The molecule has 0 aliphatic heterocycles. The smallest absolute Gasteiger partial charge is 0.308 e. The molecule has 2 aliphatic rings. The van der Waals surface area contributed by atoms with E-state index < -0.39 is 32.4 Å². The third-order valence-electron chi connectivity index (χ3n) is 4.91. The van der Waals surface area contributed by atoms with Crippen molar-refractivity contribution in [2.75, 3.05) is 7.11 Å². The van der Waals surface area contributed by atoms with Gasteiger partial charge < -0.3 is 4.74 Å². The number of rotatable bonds is 3. The van der Waals surface area contributed by atoms with Gasteiger partial charge in [-0.25, -0.2) is 8.42 Å². The van der Waals surface area contributed by atoms with Gasteiger partial charge in [0, 0.05) is 6.42 Å². The summed E-state index contributed by atoms with van der Waals surface area (Å²) in [6.07, 6.45) is 3.50. The van der Waals surface area contributed by atoms with Gasteiger partial charge in [-0.15, -0.1) is 0 Å². The first kappa shape index (κ1) is 15.9. The summed E-state index contributed by atoms with van der Waals surface area (Å²) in [6, 6.07) is 8.19. The Morgan fingerprint density at radius 3 is 2.61 bits per heavy atom. The van der Waals surface area contributed by atoms with Gasteiger partial charge in [-0.2, -0.15) is 0 Å². The van der Waals surface area contributed by atoms with E-state index in [2.05, 4.69) is 0 Å². The van der Waals surface area contributed by atoms with Gasteiger partial charge in [0.2, 0.25) is 0 Å². The van der Waals surface area contributed by atoms with Gasteiger partial charge in [0.25, 0.3) is 0 Å². The Labute approximate surface area is 135 Å². The lowest BCUT2D eigenvalue weighted by molar-refractivity contribution is -0.145. The highest BCUT2D eigenvalue weighted by Crippen LogP contribution is 2.51. The molecule has 1 aromatic rings. The highest BCUT2D eigenvalue weighted by molar-refractivity contribution is 7.93. The van der Waals surface area contributed by atoms with Crippen LogP contribution in [0.25, 0.3) is 0 Å². The van der Waals surface area contributed by atoms with Crippen molar-refractivity contribution in [1.29, 1.82) is 0 Å². The molecule has 0 radical (unpaired) electrons. The van der Waals surface area contributed by atoms with E-state index in [4.69, 9.17) is 4.74 Å². The average Bonchev–Trinajstić information content (AvgIpc) is 2.95. The molecule has 0 saturated heterocycles. The van der Waals surface area contributed by atoms with Crippen molar-refractivity contribution < 1.29 is 22.7 Å². The zero-order valence-electron chi connectivity index (χ0n) is 12.8. The Bertz CT molecular complexity index is 765. The van der Waals surface area contributed by atoms with Crippen molar-refractivity contribution in [2.24, 2.45) is 11.8 Å². The fourth-order valence-corrected chi connectivity index (χ4v) is 6.01. The lowest BCUT2D eigenvalue weighted by atomic mass is 9.85. The third-order valence-corrected chi connectivity index (χ3v) is 7.44. The number of carbonyl (C=O) groups excluding carboxylic acids is 2. The summed E-state index contributed by atoms with van der Waals surface area (Å²) >= 11 is 0. The third kappa shape index (κ3) is 2.41. The van der Waals surface area contributed by atoms with Crippen molar-refractivity contribution in [2.45, 2.75) is 28.9 Å². The van der Waals surface area contributed by atoms with Gasteiger partial charge in [-0.3, -0.25) is 9.59 Å². The number of sulfone groups is 1. The van der Waals surface area contributed by atoms with E-state index in [1.807, 2.05) is 0 Å². The van der Waals surface area contributed by atoms with E-state index in [1.54, 1.807) is 30.3 Å². The largest absolute Gasteiger partial charge is 0.469 e. The lowest BCUT2D eigenvalue weighted by Gasteiger charge is -2.34. The van der Waals surface area contributed by atoms with Gasteiger partial charge in [-0.1, -0.05) is 24.3 Å². The van der Waals surface area contributed by atoms with Crippen LogP contribution in [0.3, 0.4) is 0 Å². The van der Waals surface area contributed by atoms with Crippen LogP contribution in [0.1, 0.15) is 19.3 Å². The maximum Gasteiger partial charge on any atom is 0.308 e. The standard InChI is InChI=1S/C17H18O5S/c1-22-16(19)12-9-13-10-14(18)7-8-17(13,11-12)23(20,21)15-5-3-2-4-6-15/h2-8,12-13H,9-11H2,1H3/t12-,13-,17+/m0/s1. The molecule has 0 unspecified atom stereocenters. The molecule has 1 saturated carbocycles. The Morgan fingerprint density at radius 1 is 1.26 bits per heavy atom. The van der Waals surface area contributed by atoms with E-state index in [0.717, 1.165) is 0 Å². The van der Waals surface area contributed by atoms with Crippen LogP contribution < -0.4 is 0 Å². The summed E-state index contributed by atoms with van der Waals surface area (Å²) in [4.78, 5) is 23.9. The summed E-state index contributed by atoms with van der Waals surface area (Å²) in [5.74, 6) is -1.41. The van der Waals surface area contributed by atoms with Crippen LogP contribution in [-0.2, 0) is 24.2 Å². The highest BCUT2D eigenvalue weighted by atomic mass is 32.2. The number of hydrogen-bond donors (Lipinski definition) is 0. The minimum atomic E-state index is -3.71. The topological polar surface area (TPSA) is 77.5 Å². The number of ketones is 1. The van der Waals surface area contributed by atoms with Gasteiger partial charge in [-0.05, 0) is 37.0 Å². The summed E-state index contributed by atoms with van der Waals surface area (Å²) in [5.41, 5.74) is 0. The number of esters is 1. The summed E-state index contributed by atoms with van der Waals surface area (Å²) < 4.78 is 30.1. The maximum absolute atomic E-state index is 13.2. The summed E-state index contributed by atoms with van der Waals surface area (Å²) in [6.45, 7) is 0. The molecular weight excluding hydrogens is 316 g/mol. The first-order valence-corrected chi connectivity index (χ1v) is 8.98. The molecule has 5 nitrogen and oxygen atoms in total. The minimum Gasteiger partial charge on any atom is -0.469 e. The molecule has 0 bridgehead atoms. The summed E-state index contributed by atoms with van der Waals surface area (Å²) in [5, 5.41) is 0. The van der Waals surface area contributed by atoms with Crippen molar-refractivity contribution in [3.05, 3.63) is 42.5 Å². The zero-order chi connectivity index (χ0) is 16.7. The Balaban J connectivity index is 2.10. The monoisotopic (exact) mass is 334 g/mol. The van der Waals surface area contributed by atoms with Gasteiger partial charge in [0.05, 0.1) is 22.7 Å². The number of ether oxygens (including phenoxy) is 1. The maximum atomic E-state index is 13.2. The van der Waals surface area contributed by atoms with Crippen LogP contribution in [0.4, 0.5) is 0 Å². The predicted octanol–water partition coefficient (Wildman–Crippen LogP) is 1.93. The van der Waals surface area contributed by atoms with Crippen molar-refractivity contribution >= 4 is 21.6 Å². The molecule has 1 aromatic carbocycles. The molecule has 23 heavy (non-hydrogen) atoms. The van der Waals surface area contributed by atoms with E-state index in [1.165, 1.54) is 19.3 Å². The molecule has 0 aromatic heterocycles. The number of fused-ring (bicyclic) bond motifs is 1. The van der Waals surface area contributed by atoms with Gasteiger partial charge in [0.1, 0.15) is 0 Å². The number of benzene rings is 1. The van der Waals surface area contributed by atoms with Crippen LogP contribution >= 0.6 is 0 Å². The second-order valence-electron chi connectivity index (χ2n) is 6.13. The number of methoxy groups -OCH3 is 1.